The minimum atomic E-state index is -0.958. The van der Waals surface area contributed by atoms with E-state index in [1.165, 1.54) is 19.1 Å². The number of imidazole rings is 1. The summed E-state index contributed by atoms with van der Waals surface area (Å²) in [7, 11) is 3.03. The number of halogens is 1. The summed E-state index contributed by atoms with van der Waals surface area (Å²) in [6, 6.07) is 14.5. The van der Waals surface area contributed by atoms with E-state index in [0.717, 1.165) is 5.56 Å². The Bertz CT molecular complexity index is 1600. The summed E-state index contributed by atoms with van der Waals surface area (Å²) in [5.74, 6) is -0.593. The number of ketones is 1. The second-order valence-corrected chi connectivity index (χ2v) is 9.35. The lowest BCUT2D eigenvalue weighted by molar-refractivity contribution is -0.132. The molecule has 2 heterocycles. The maximum absolute atomic E-state index is 13.5. The van der Waals surface area contributed by atoms with Gasteiger partial charge in [-0.3, -0.25) is 14.5 Å². The van der Waals surface area contributed by atoms with Crippen LogP contribution in [0.2, 0.25) is 5.02 Å². The summed E-state index contributed by atoms with van der Waals surface area (Å²) in [4.78, 5) is 36.1. The number of Topliss-reactive ketones (excluding diaryl/α,β-unsaturated/α-hetero) is 1. The number of methoxy groups -OCH3 is 2. The molecule has 4 aromatic rings. The van der Waals surface area contributed by atoms with E-state index in [2.05, 4.69) is 9.97 Å². The van der Waals surface area contributed by atoms with Crippen molar-refractivity contribution in [2.45, 2.75) is 19.9 Å². The summed E-state index contributed by atoms with van der Waals surface area (Å²) in [5, 5.41) is 11.8. The Balaban J connectivity index is 1.72. The number of nitrogens with zero attached hydrogens (tertiary/aromatic N) is 2. The number of fused-ring (bicyclic) bond motifs is 1. The molecule has 5 rings (SSSR count). The largest absolute Gasteiger partial charge is 0.507 e. The molecular weight excluding hydrogens is 522 g/mol. The number of aryl methyl sites for hydroxylation is 1. The van der Waals surface area contributed by atoms with Crippen LogP contribution >= 0.6 is 11.6 Å². The van der Waals surface area contributed by atoms with Crippen LogP contribution < -0.4 is 19.1 Å². The van der Waals surface area contributed by atoms with Crippen molar-refractivity contribution in [1.29, 1.82) is 0 Å². The predicted molar refractivity (Wildman–Crippen MR) is 148 cm³/mol. The van der Waals surface area contributed by atoms with Gasteiger partial charge < -0.3 is 24.3 Å². The topological polar surface area (TPSA) is 114 Å². The molecule has 1 amide bonds. The fourth-order valence-electron chi connectivity index (χ4n) is 4.72. The molecule has 9 nitrogen and oxygen atoms in total. The highest BCUT2D eigenvalue weighted by molar-refractivity contribution is 6.51. The van der Waals surface area contributed by atoms with Crippen LogP contribution in [-0.2, 0) is 9.59 Å². The van der Waals surface area contributed by atoms with Crippen LogP contribution in [0, 0.1) is 6.92 Å². The number of aromatic amines is 1. The van der Waals surface area contributed by atoms with Crippen LogP contribution in [0.1, 0.15) is 29.7 Å². The standard InChI is InChI=1S/C29H26ClN3O6/c1-5-39-21-12-17(9-10-18(21)30)26(34)24-25(16-8-6-7-15(2)11-16)33(28(36)27(24)35)29-31-19-13-22(37-3)23(38-4)14-20(19)32-29/h6-14,25,34H,5H2,1-4H3,(H,31,32)/b26-24+. The number of amides is 1. The van der Waals surface area contributed by atoms with Crippen LogP contribution in [-0.4, -0.2) is 47.6 Å². The molecule has 3 aromatic carbocycles. The number of carbonyl (C=O) groups excluding carboxylic acids is 2. The van der Waals surface area contributed by atoms with Crippen LogP contribution in [0.5, 0.6) is 17.2 Å². The van der Waals surface area contributed by atoms with E-state index < -0.39 is 17.7 Å². The molecule has 1 aliphatic rings. The molecule has 1 atom stereocenters. The monoisotopic (exact) mass is 547 g/mol. The fraction of sp³-hybridized carbons (Fsp3) is 0.207. The number of carbonyl (C=O) groups is 2. The van der Waals surface area contributed by atoms with Gasteiger partial charge in [-0.05, 0) is 37.6 Å². The molecule has 1 fully saturated rings. The van der Waals surface area contributed by atoms with Crippen LogP contribution in [0.4, 0.5) is 5.95 Å². The Morgan fingerprint density at radius 2 is 1.79 bits per heavy atom. The lowest BCUT2D eigenvalue weighted by Crippen LogP contribution is -2.30. The van der Waals surface area contributed by atoms with Gasteiger partial charge in [0.1, 0.15) is 11.5 Å². The van der Waals surface area contributed by atoms with Gasteiger partial charge in [0.15, 0.2) is 11.5 Å². The number of anilines is 1. The van der Waals surface area contributed by atoms with E-state index in [9.17, 15) is 14.7 Å². The van der Waals surface area contributed by atoms with Gasteiger partial charge in [0.25, 0.3) is 5.78 Å². The molecule has 1 aromatic heterocycles. The second-order valence-electron chi connectivity index (χ2n) is 8.95. The molecule has 200 valence electrons. The molecule has 39 heavy (non-hydrogen) atoms. The number of nitrogens with one attached hydrogen (secondary N) is 1. The Morgan fingerprint density at radius 1 is 1.05 bits per heavy atom. The highest BCUT2D eigenvalue weighted by Gasteiger charge is 2.48. The number of benzene rings is 3. The number of H-pyrrole nitrogens is 1. The number of hydrogen-bond donors (Lipinski definition) is 2. The van der Waals surface area contributed by atoms with Crippen molar-refractivity contribution in [3.05, 3.63) is 81.9 Å². The van der Waals surface area contributed by atoms with Crippen molar-refractivity contribution in [1.82, 2.24) is 9.97 Å². The Kier molecular flexibility index (Phi) is 6.93. The number of aromatic nitrogens is 2. The molecule has 0 spiro atoms. The Hall–Kier alpha value is -4.50. The van der Waals surface area contributed by atoms with Crippen molar-refractivity contribution in [3.63, 3.8) is 0 Å². The highest BCUT2D eigenvalue weighted by atomic mass is 35.5. The van der Waals surface area contributed by atoms with Gasteiger partial charge in [-0.1, -0.05) is 41.4 Å². The number of rotatable bonds is 7. The molecule has 1 aliphatic heterocycles. The number of aliphatic hydroxyl groups is 1. The summed E-state index contributed by atoms with van der Waals surface area (Å²) >= 11 is 6.24. The minimum absolute atomic E-state index is 0.0778. The quantitative estimate of drug-likeness (QED) is 0.177. The predicted octanol–water partition coefficient (Wildman–Crippen LogP) is 5.57. The zero-order valence-corrected chi connectivity index (χ0v) is 22.5. The molecule has 2 N–H and O–H groups in total. The Morgan fingerprint density at radius 3 is 2.49 bits per heavy atom. The van der Waals surface area contributed by atoms with E-state index in [1.54, 1.807) is 36.4 Å². The number of ether oxygens (including phenoxy) is 3. The maximum Gasteiger partial charge on any atom is 0.302 e. The van der Waals surface area contributed by atoms with Crippen LogP contribution in [0.25, 0.3) is 16.8 Å². The van der Waals surface area contributed by atoms with E-state index >= 15 is 0 Å². The van der Waals surface area contributed by atoms with E-state index in [4.69, 9.17) is 25.8 Å². The number of aliphatic hydroxyl groups excluding tert-OH is 1. The highest BCUT2D eigenvalue weighted by Crippen LogP contribution is 2.43. The van der Waals surface area contributed by atoms with Gasteiger partial charge in [0.2, 0.25) is 5.95 Å². The normalized spacial score (nSPS) is 16.6. The van der Waals surface area contributed by atoms with Gasteiger partial charge in [0, 0.05) is 17.7 Å². The van der Waals surface area contributed by atoms with Crippen LogP contribution in [0.15, 0.2) is 60.2 Å². The molecule has 0 saturated carbocycles. The van der Waals surface area contributed by atoms with E-state index in [1.807, 2.05) is 32.0 Å². The summed E-state index contributed by atoms with van der Waals surface area (Å²) in [6.45, 7) is 4.08. The van der Waals surface area contributed by atoms with Crippen molar-refractivity contribution >= 4 is 46.0 Å². The van der Waals surface area contributed by atoms with Crippen molar-refractivity contribution < 1.29 is 28.9 Å². The summed E-state index contributed by atoms with van der Waals surface area (Å²) in [6.07, 6.45) is 0. The third-order valence-corrected chi connectivity index (χ3v) is 6.82. The van der Waals surface area contributed by atoms with E-state index in [-0.39, 0.29) is 22.8 Å². The average molecular weight is 548 g/mol. The molecule has 10 heteroatoms. The maximum atomic E-state index is 13.5. The zero-order valence-electron chi connectivity index (χ0n) is 21.7. The second kappa shape index (κ2) is 10.3. The molecule has 0 radical (unpaired) electrons. The van der Waals surface area contributed by atoms with E-state index in [0.29, 0.717) is 45.5 Å². The Labute approximate surface area is 229 Å². The molecule has 1 unspecified atom stereocenters. The lowest BCUT2D eigenvalue weighted by atomic mass is 9.94. The van der Waals surface area contributed by atoms with Gasteiger partial charge >= 0.3 is 5.91 Å². The molecular formula is C29H26ClN3O6. The molecule has 1 saturated heterocycles. The minimum Gasteiger partial charge on any atom is -0.507 e. The smallest absolute Gasteiger partial charge is 0.302 e. The SMILES string of the molecule is CCOc1cc(/C(O)=C2\C(=O)C(=O)N(c3nc4cc(OC)c(OC)cc4[nH]3)C2c2cccc(C)c2)ccc1Cl. The summed E-state index contributed by atoms with van der Waals surface area (Å²) in [5.41, 5.74) is 2.84. The summed E-state index contributed by atoms with van der Waals surface area (Å²) < 4.78 is 16.3. The molecule has 0 bridgehead atoms. The first-order valence-electron chi connectivity index (χ1n) is 12.2. The van der Waals surface area contributed by atoms with Gasteiger partial charge in [0.05, 0.1) is 48.5 Å². The van der Waals surface area contributed by atoms with Crippen molar-refractivity contribution in [3.8, 4) is 17.2 Å². The van der Waals surface area contributed by atoms with Gasteiger partial charge in [-0.2, -0.15) is 0 Å². The lowest BCUT2D eigenvalue weighted by Gasteiger charge is -2.23. The average Bonchev–Trinajstić information content (AvgIpc) is 3.46. The zero-order chi connectivity index (χ0) is 27.8. The third kappa shape index (κ3) is 4.55. The number of hydrogen-bond acceptors (Lipinski definition) is 7. The van der Waals surface area contributed by atoms with Gasteiger partial charge in [-0.25, -0.2) is 4.98 Å². The van der Waals surface area contributed by atoms with Gasteiger partial charge in [-0.15, -0.1) is 0 Å². The van der Waals surface area contributed by atoms with Crippen molar-refractivity contribution in [2.24, 2.45) is 0 Å². The van der Waals surface area contributed by atoms with Crippen molar-refractivity contribution in [2.75, 3.05) is 25.7 Å². The van der Waals surface area contributed by atoms with Crippen LogP contribution in [0.3, 0.4) is 0 Å². The third-order valence-electron chi connectivity index (χ3n) is 6.51. The first-order valence-corrected chi connectivity index (χ1v) is 12.6. The molecule has 0 aliphatic carbocycles. The fourth-order valence-corrected chi connectivity index (χ4v) is 4.89. The first-order chi connectivity index (χ1) is 18.8. The first kappa shape index (κ1) is 26.1.